The van der Waals surface area contributed by atoms with Crippen molar-refractivity contribution in [1.29, 1.82) is 0 Å². The molecule has 1 N–H and O–H groups in total. The summed E-state index contributed by atoms with van der Waals surface area (Å²) in [5.41, 5.74) is 5.37. The summed E-state index contributed by atoms with van der Waals surface area (Å²) in [6.07, 6.45) is 10.2. The Hall–Kier alpha value is -2.63. The highest BCUT2D eigenvalue weighted by molar-refractivity contribution is 7.91. The van der Waals surface area contributed by atoms with Gasteiger partial charge in [-0.05, 0) is 87.2 Å². The fourth-order valence-electron chi connectivity index (χ4n) is 5.59. The van der Waals surface area contributed by atoms with Crippen LogP contribution in [0.3, 0.4) is 0 Å². The summed E-state index contributed by atoms with van der Waals surface area (Å²) in [6.45, 7) is 0.935. The van der Waals surface area contributed by atoms with Crippen molar-refractivity contribution in [3.05, 3.63) is 45.9 Å². The lowest BCUT2D eigenvalue weighted by Gasteiger charge is -2.36. The summed E-state index contributed by atoms with van der Waals surface area (Å²) in [7, 11) is -1.07. The lowest BCUT2D eigenvalue weighted by molar-refractivity contribution is 0.243. The molecule has 1 fully saturated rings. The molecule has 2 heterocycles. The molecule has 11 heteroatoms. The third-order valence-electron chi connectivity index (χ3n) is 7.39. The second-order valence-corrected chi connectivity index (χ2v) is 11.2. The van der Waals surface area contributed by atoms with Crippen LogP contribution in [0, 0.1) is 5.21 Å². The van der Waals surface area contributed by atoms with E-state index in [1.54, 1.807) is 7.05 Å². The number of rotatable bonds is 6. The standard InChI is InChI=1S/C23H31N6O4S/c1-26-11-5-8-18(26)15-28(19-13-24-27(2)14-19)34(32,33)29(31)23(30)25-22-20-9-3-6-16(20)12-17-7-4-10-21(17)22/h12-14,18H,3-11,15H2,1-2H3,(H,25,30)/q-1/t18-/m0/s1. The molecular weight excluding hydrogens is 456 g/mol. The van der Waals surface area contributed by atoms with E-state index in [4.69, 9.17) is 0 Å². The highest BCUT2D eigenvalue weighted by Crippen LogP contribution is 2.39. The second kappa shape index (κ2) is 8.86. The van der Waals surface area contributed by atoms with Gasteiger partial charge >= 0.3 is 16.2 Å². The first-order valence-corrected chi connectivity index (χ1v) is 13.3. The van der Waals surface area contributed by atoms with Gasteiger partial charge in [-0.1, -0.05) is 6.07 Å². The third kappa shape index (κ3) is 4.05. The maximum absolute atomic E-state index is 13.5. The number of aromatic nitrogens is 2. The van der Waals surface area contributed by atoms with Gasteiger partial charge in [0, 0.05) is 25.0 Å². The quantitative estimate of drug-likeness (QED) is 0.627. The number of carbonyl (C=O) groups is 1. The number of likely N-dealkylation sites (tertiary alicyclic amines) is 1. The van der Waals surface area contributed by atoms with Gasteiger partial charge in [0.05, 0.1) is 18.4 Å². The third-order valence-corrected chi connectivity index (χ3v) is 8.89. The van der Waals surface area contributed by atoms with Gasteiger partial charge in [-0.2, -0.15) is 13.5 Å². The zero-order chi connectivity index (χ0) is 24.0. The molecule has 1 atom stereocenters. The molecule has 0 spiro atoms. The number of nitrogens with one attached hydrogen (secondary N) is 1. The monoisotopic (exact) mass is 487 g/mol. The summed E-state index contributed by atoms with van der Waals surface area (Å²) in [6, 6.07) is 0.990. The molecule has 1 aromatic carbocycles. The normalized spacial score (nSPS) is 19.8. The van der Waals surface area contributed by atoms with Crippen molar-refractivity contribution in [2.24, 2.45) is 7.05 Å². The van der Waals surface area contributed by atoms with Gasteiger partial charge in [0.1, 0.15) is 0 Å². The zero-order valence-corrected chi connectivity index (χ0v) is 20.5. The SMILES string of the molecule is CN1CCC[C@H]1CN(c1cnn(C)c1)S(=O)(=O)N([O-])C(=O)Nc1c2c(cc3c1CCC3)CCC2. The van der Waals surface area contributed by atoms with E-state index < -0.39 is 20.7 Å². The number of likely N-dealkylation sites (N-methyl/N-ethyl adjacent to an activating group) is 1. The van der Waals surface area contributed by atoms with E-state index >= 15 is 0 Å². The summed E-state index contributed by atoms with van der Waals surface area (Å²) < 4.78 is 29.0. The van der Waals surface area contributed by atoms with Crippen LogP contribution < -0.4 is 9.62 Å². The fraction of sp³-hybridized carbons (Fsp3) is 0.565. The molecule has 1 saturated heterocycles. The minimum absolute atomic E-state index is 0.0490. The van der Waals surface area contributed by atoms with E-state index in [0.717, 1.165) is 73.3 Å². The lowest BCUT2D eigenvalue weighted by atomic mass is 9.99. The Morgan fingerprint density at radius 2 is 1.82 bits per heavy atom. The molecule has 2 aromatic rings. The summed E-state index contributed by atoms with van der Waals surface area (Å²) in [5, 5.41) is 19.9. The maximum Gasteiger partial charge on any atom is 0.326 e. The van der Waals surface area contributed by atoms with Crippen LogP contribution in [0.4, 0.5) is 16.2 Å². The smallest absolute Gasteiger partial charge is 0.326 e. The molecule has 1 aliphatic heterocycles. The summed E-state index contributed by atoms with van der Waals surface area (Å²) >= 11 is 0. The molecular formula is C23H31N6O4S-. The van der Waals surface area contributed by atoms with Crippen LogP contribution in [0.2, 0.25) is 0 Å². The highest BCUT2D eigenvalue weighted by atomic mass is 32.2. The van der Waals surface area contributed by atoms with Gasteiger partial charge < -0.3 is 15.4 Å². The molecule has 0 bridgehead atoms. The molecule has 0 unspecified atom stereocenters. The van der Waals surface area contributed by atoms with E-state index in [2.05, 4.69) is 21.4 Å². The Balaban J connectivity index is 1.43. The number of amides is 2. The number of aryl methyl sites for hydroxylation is 3. The largest absolute Gasteiger partial charge is 0.740 e. The van der Waals surface area contributed by atoms with Gasteiger partial charge in [-0.15, -0.1) is 0 Å². The van der Waals surface area contributed by atoms with Crippen LogP contribution in [-0.4, -0.2) is 59.8 Å². The fourth-order valence-corrected chi connectivity index (χ4v) is 6.74. The van der Waals surface area contributed by atoms with E-state index in [1.807, 2.05) is 7.05 Å². The van der Waals surface area contributed by atoms with E-state index in [9.17, 15) is 18.4 Å². The Labute approximate surface area is 200 Å². The first-order chi connectivity index (χ1) is 16.3. The zero-order valence-electron chi connectivity index (χ0n) is 19.7. The van der Waals surface area contributed by atoms with Crippen LogP contribution in [0.1, 0.15) is 47.9 Å². The van der Waals surface area contributed by atoms with Crippen LogP contribution in [0.15, 0.2) is 18.5 Å². The molecule has 0 radical (unpaired) electrons. The Bertz CT molecular complexity index is 1180. The molecule has 5 rings (SSSR count). The highest BCUT2D eigenvalue weighted by Gasteiger charge is 2.34. The lowest BCUT2D eigenvalue weighted by Crippen LogP contribution is -2.49. The number of anilines is 2. The van der Waals surface area contributed by atoms with Gasteiger partial charge in [0.25, 0.3) is 0 Å². The minimum Gasteiger partial charge on any atom is -0.740 e. The predicted molar refractivity (Wildman–Crippen MR) is 130 cm³/mol. The van der Waals surface area contributed by atoms with E-state index in [-0.39, 0.29) is 18.3 Å². The maximum atomic E-state index is 13.5. The van der Waals surface area contributed by atoms with Crippen molar-refractivity contribution in [2.75, 3.05) is 29.8 Å². The number of nitrogens with zero attached hydrogens (tertiary/aromatic N) is 5. The first-order valence-electron chi connectivity index (χ1n) is 11.9. The molecule has 2 amide bonds. The number of urea groups is 1. The van der Waals surface area contributed by atoms with Crippen LogP contribution in [0.25, 0.3) is 0 Å². The molecule has 0 saturated carbocycles. The van der Waals surface area contributed by atoms with Crippen molar-refractivity contribution >= 4 is 27.6 Å². The summed E-state index contributed by atoms with van der Waals surface area (Å²) in [4.78, 5) is 15.1. The summed E-state index contributed by atoms with van der Waals surface area (Å²) in [5.74, 6) is 0. The van der Waals surface area contributed by atoms with Crippen LogP contribution >= 0.6 is 0 Å². The van der Waals surface area contributed by atoms with Crippen molar-refractivity contribution in [1.82, 2.24) is 19.1 Å². The molecule has 34 heavy (non-hydrogen) atoms. The number of hydrogen-bond donors (Lipinski definition) is 1. The molecule has 1 aromatic heterocycles. The minimum atomic E-state index is -4.68. The molecule has 2 aliphatic carbocycles. The topological polar surface area (TPSA) is 114 Å². The van der Waals surface area contributed by atoms with Crippen molar-refractivity contribution in [2.45, 2.75) is 57.4 Å². The average Bonchev–Trinajstić information content (AvgIpc) is 3.59. The van der Waals surface area contributed by atoms with Gasteiger partial charge in [0.2, 0.25) is 0 Å². The molecule has 3 aliphatic rings. The van der Waals surface area contributed by atoms with Gasteiger partial charge in [-0.3, -0.25) is 9.15 Å². The van der Waals surface area contributed by atoms with E-state index in [0.29, 0.717) is 5.69 Å². The number of benzene rings is 1. The number of hydroxylamine groups is 1. The van der Waals surface area contributed by atoms with Crippen molar-refractivity contribution in [3.8, 4) is 0 Å². The van der Waals surface area contributed by atoms with Gasteiger partial charge in [0.15, 0.2) is 0 Å². The first kappa shape index (κ1) is 23.1. The number of fused-ring (bicyclic) bond motifs is 2. The average molecular weight is 488 g/mol. The Morgan fingerprint density at radius 3 is 2.38 bits per heavy atom. The number of carbonyl (C=O) groups excluding carboxylic acids is 1. The second-order valence-electron chi connectivity index (χ2n) is 9.58. The Kier molecular flexibility index (Phi) is 6.03. The predicted octanol–water partition coefficient (Wildman–Crippen LogP) is 2.57. The van der Waals surface area contributed by atoms with E-state index in [1.165, 1.54) is 28.2 Å². The van der Waals surface area contributed by atoms with Crippen molar-refractivity contribution in [3.63, 3.8) is 0 Å². The van der Waals surface area contributed by atoms with Crippen LogP contribution in [0.5, 0.6) is 0 Å². The number of hydrogen-bond acceptors (Lipinski definition) is 6. The molecule has 10 nitrogen and oxygen atoms in total. The van der Waals surface area contributed by atoms with Crippen molar-refractivity contribution < 1.29 is 13.2 Å². The van der Waals surface area contributed by atoms with Crippen LogP contribution in [-0.2, 0) is 42.9 Å². The molecule has 184 valence electrons. The van der Waals surface area contributed by atoms with Gasteiger partial charge in [-0.25, -0.2) is 9.10 Å². The Morgan fingerprint density at radius 1 is 1.15 bits per heavy atom.